The van der Waals surface area contributed by atoms with Crippen LogP contribution in [0.15, 0.2) is 45.6 Å². The van der Waals surface area contributed by atoms with Crippen LogP contribution in [0.25, 0.3) is 0 Å². The standard InChI is InChI=1S/C12H9Br2N3O/c13-9-4-3-7(15)6-8(9)12(18)17-10-2-1-5-16-11(10)14/h1-6H,15H2,(H,17,18). The van der Waals surface area contributed by atoms with E-state index in [0.29, 0.717) is 26.0 Å². The van der Waals surface area contributed by atoms with Gasteiger partial charge in [0.1, 0.15) is 4.60 Å². The van der Waals surface area contributed by atoms with Gasteiger partial charge in [0.25, 0.3) is 5.91 Å². The monoisotopic (exact) mass is 369 g/mol. The molecule has 0 bridgehead atoms. The van der Waals surface area contributed by atoms with Crippen LogP contribution in [0.2, 0.25) is 0 Å². The van der Waals surface area contributed by atoms with Crippen molar-refractivity contribution < 1.29 is 4.79 Å². The number of carbonyl (C=O) groups excluding carboxylic acids is 1. The molecule has 2 aromatic rings. The summed E-state index contributed by atoms with van der Waals surface area (Å²) in [4.78, 5) is 16.1. The van der Waals surface area contributed by atoms with Crippen molar-refractivity contribution in [1.82, 2.24) is 4.98 Å². The molecule has 0 saturated heterocycles. The molecule has 0 aliphatic rings. The summed E-state index contributed by atoms with van der Waals surface area (Å²) in [5.74, 6) is -0.247. The van der Waals surface area contributed by atoms with Crippen molar-refractivity contribution in [2.75, 3.05) is 11.1 Å². The summed E-state index contributed by atoms with van der Waals surface area (Å²) in [5.41, 5.74) is 7.29. The maximum atomic E-state index is 12.1. The molecule has 92 valence electrons. The summed E-state index contributed by atoms with van der Waals surface area (Å²) in [5, 5.41) is 2.76. The van der Waals surface area contributed by atoms with Gasteiger partial charge >= 0.3 is 0 Å². The minimum absolute atomic E-state index is 0.247. The molecule has 0 aliphatic heterocycles. The first kappa shape index (κ1) is 13.0. The zero-order chi connectivity index (χ0) is 13.1. The van der Waals surface area contributed by atoms with Gasteiger partial charge in [0, 0.05) is 16.4 Å². The minimum atomic E-state index is -0.247. The topological polar surface area (TPSA) is 68.0 Å². The third-order valence-corrected chi connectivity index (χ3v) is 3.57. The van der Waals surface area contributed by atoms with Crippen molar-refractivity contribution in [3.8, 4) is 0 Å². The fourth-order valence-corrected chi connectivity index (χ4v) is 2.16. The third-order valence-electron chi connectivity index (χ3n) is 2.24. The maximum absolute atomic E-state index is 12.1. The van der Waals surface area contributed by atoms with Crippen LogP contribution in [-0.4, -0.2) is 10.9 Å². The number of aromatic nitrogens is 1. The Hall–Kier alpha value is -1.40. The quantitative estimate of drug-likeness (QED) is 0.628. The predicted molar refractivity (Wildman–Crippen MR) is 78.4 cm³/mol. The van der Waals surface area contributed by atoms with Crippen molar-refractivity contribution >= 4 is 49.1 Å². The Morgan fingerprint density at radius 2 is 2.06 bits per heavy atom. The maximum Gasteiger partial charge on any atom is 0.256 e. The lowest BCUT2D eigenvalue weighted by atomic mass is 10.2. The zero-order valence-corrected chi connectivity index (χ0v) is 12.3. The van der Waals surface area contributed by atoms with Gasteiger partial charge in [-0.2, -0.15) is 0 Å². The first-order valence-electron chi connectivity index (χ1n) is 5.05. The Morgan fingerprint density at radius 3 is 2.78 bits per heavy atom. The number of nitrogen functional groups attached to an aromatic ring is 1. The molecule has 6 heteroatoms. The summed E-state index contributed by atoms with van der Waals surface area (Å²) < 4.78 is 1.27. The minimum Gasteiger partial charge on any atom is -0.399 e. The molecular weight excluding hydrogens is 362 g/mol. The van der Waals surface area contributed by atoms with Crippen LogP contribution in [0.1, 0.15) is 10.4 Å². The number of hydrogen-bond donors (Lipinski definition) is 2. The number of nitrogens with one attached hydrogen (secondary N) is 1. The van der Waals surface area contributed by atoms with E-state index in [4.69, 9.17) is 5.73 Å². The Balaban J connectivity index is 2.28. The highest BCUT2D eigenvalue weighted by atomic mass is 79.9. The average molecular weight is 371 g/mol. The molecule has 0 fully saturated rings. The van der Waals surface area contributed by atoms with E-state index < -0.39 is 0 Å². The lowest BCUT2D eigenvalue weighted by Crippen LogP contribution is -2.13. The second-order valence-electron chi connectivity index (χ2n) is 3.54. The van der Waals surface area contributed by atoms with E-state index in [0.717, 1.165) is 0 Å². The van der Waals surface area contributed by atoms with Gasteiger partial charge in [-0.1, -0.05) is 0 Å². The van der Waals surface area contributed by atoms with Gasteiger partial charge in [-0.25, -0.2) is 4.98 Å². The Kier molecular flexibility index (Phi) is 3.98. The molecule has 0 spiro atoms. The van der Waals surface area contributed by atoms with Crippen LogP contribution >= 0.6 is 31.9 Å². The number of halogens is 2. The molecule has 1 aromatic carbocycles. The van der Waals surface area contributed by atoms with Crippen LogP contribution in [0, 0.1) is 0 Å². The normalized spacial score (nSPS) is 10.1. The largest absolute Gasteiger partial charge is 0.399 e. The number of pyridine rings is 1. The first-order valence-corrected chi connectivity index (χ1v) is 6.63. The van der Waals surface area contributed by atoms with Gasteiger partial charge in [0.2, 0.25) is 0 Å². The third kappa shape index (κ3) is 2.88. The van der Waals surface area contributed by atoms with Crippen LogP contribution in [0.4, 0.5) is 11.4 Å². The summed E-state index contributed by atoms with van der Waals surface area (Å²) in [7, 11) is 0. The summed E-state index contributed by atoms with van der Waals surface area (Å²) in [6, 6.07) is 8.58. The van der Waals surface area contributed by atoms with Crippen LogP contribution in [0.3, 0.4) is 0 Å². The van der Waals surface area contributed by atoms with Gasteiger partial charge in [-0.15, -0.1) is 0 Å². The van der Waals surface area contributed by atoms with Crippen molar-refractivity contribution in [3.05, 3.63) is 51.2 Å². The number of carbonyl (C=O) groups is 1. The molecule has 3 N–H and O–H groups in total. The van der Waals surface area contributed by atoms with Gasteiger partial charge in [0.05, 0.1) is 11.3 Å². The van der Waals surface area contributed by atoms with Crippen molar-refractivity contribution in [1.29, 1.82) is 0 Å². The van der Waals surface area contributed by atoms with Gasteiger partial charge < -0.3 is 11.1 Å². The molecule has 1 aromatic heterocycles. The molecule has 4 nitrogen and oxygen atoms in total. The van der Waals surface area contributed by atoms with Gasteiger partial charge in [-0.3, -0.25) is 4.79 Å². The van der Waals surface area contributed by atoms with Crippen LogP contribution in [0.5, 0.6) is 0 Å². The summed E-state index contributed by atoms with van der Waals surface area (Å²) in [6.07, 6.45) is 1.64. The molecule has 1 heterocycles. The number of hydrogen-bond acceptors (Lipinski definition) is 3. The number of rotatable bonds is 2. The number of anilines is 2. The number of nitrogens with zero attached hydrogens (tertiary/aromatic N) is 1. The molecule has 2 rings (SSSR count). The van der Waals surface area contributed by atoms with Crippen LogP contribution < -0.4 is 11.1 Å². The number of nitrogens with two attached hydrogens (primary N) is 1. The Morgan fingerprint density at radius 1 is 1.28 bits per heavy atom. The summed E-state index contributed by atoms with van der Waals surface area (Å²) >= 11 is 6.59. The highest BCUT2D eigenvalue weighted by Crippen LogP contribution is 2.23. The molecular formula is C12H9Br2N3O. The fraction of sp³-hybridized carbons (Fsp3) is 0. The van der Waals surface area contributed by atoms with E-state index in [1.807, 2.05) is 0 Å². The molecule has 0 aliphatic carbocycles. The van der Waals surface area contributed by atoms with E-state index in [2.05, 4.69) is 42.2 Å². The molecule has 1 amide bonds. The predicted octanol–water partition coefficient (Wildman–Crippen LogP) is 3.44. The molecule has 0 unspecified atom stereocenters. The smallest absolute Gasteiger partial charge is 0.256 e. The van der Waals surface area contributed by atoms with Gasteiger partial charge in [-0.05, 0) is 62.2 Å². The second kappa shape index (κ2) is 5.49. The summed E-state index contributed by atoms with van der Waals surface area (Å²) in [6.45, 7) is 0. The van der Waals surface area contributed by atoms with E-state index in [9.17, 15) is 4.79 Å². The molecule has 0 atom stereocenters. The lowest BCUT2D eigenvalue weighted by molar-refractivity contribution is 0.102. The average Bonchev–Trinajstić information content (AvgIpc) is 2.35. The highest BCUT2D eigenvalue weighted by Gasteiger charge is 2.12. The van der Waals surface area contributed by atoms with E-state index in [1.165, 1.54) is 0 Å². The van der Waals surface area contributed by atoms with Crippen molar-refractivity contribution in [2.24, 2.45) is 0 Å². The second-order valence-corrected chi connectivity index (χ2v) is 5.14. The van der Waals surface area contributed by atoms with E-state index in [-0.39, 0.29) is 5.91 Å². The molecule has 0 saturated carbocycles. The zero-order valence-electron chi connectivity index (χ0n) is 9.15. The molecule has 18 heavy (non-hydrogen) atoms. The van der Waals surface area contributed by atoms with E-state index in [1.54, 1.807) is 36.5 Å². The van der Waals surface area contributed by atoms with Gasteiger partial charge in [0.15, 0.2) is 0 Å². The van der Waals surface area contributed by atoms with Crippen molar-refractivity contribution in [2.45, 2.75) is 0 Å². The Labute approximate surface area is 121 Å². The molecule has 0 radical (unpaired) electrons. The highest BCUT2D eigenvalue weighted by molar-refractivity contribution is 9.10. The Bertz CT molecular complexity index is 602. The van der Waals surface area contributed by atoms with Crippen LogP contribution in [-0.2, 0) is 0 Å². The number of benzene rings is 1. The lowest BCUT2D eigenvalue weighted by Gasteiger charge is -2.08. The van der Waals surface area contributed by atoms with Crippen molar-refractivity contribution in [3.63, 3.8) is 0 Å². The fourth-order valence-electron chi connectivity index (χ4n) is 1.39. The number of amides is 1. The van der Waals surface area contributed by atoms with E-state index >= 15 is 0 Å². The SMILES string of the molecule is Nc1ccc(Br)c(C(=O)Nc2cccnc2Br)c1. The first-order chi connectivity index (χ1) is 8.58.